The number of benzene rings is 4. The van der Waals surface area contributed by atoms with E-state index in [9.17, 15) is 9.90 Å². The second-order valence-corrected chi connectivity index (χ2v) is 19.3. The predicted molar refractivity (Wildman–Crippen MR) is 199 cm³/mol. The number of rotatable bonds is 16. The molecular weight excluding hydrogens is 661 g/mol. The van der Waals surface area contributed by atoms with Gasteiger partial charge in [-0.15, -0.1) is 0 Å². The third-order valence-electron chi connectivity index (χ3n) is 9.73. The number of carbonyl (C=O) groups excluding carboxylic acids is 1. The Labute approximate surface area is 303 Å². The monoisotopic (exact) mass is 712 g/mol. The number of aliphatic hydroxyl groups is 1. The number of aliphatic hydroxyl groups excluding tert-OH is 1. The van der Waals surface area contributed by atoms with E-state index in [0.29, 0.717) is 0 Å². The van der Waals surface area contributed by atoms with Gasteiger partial charge in [-0.1, -0.05) is 142 Å². The molecule has 0 aliphatic heterocycles. The van der Waals surface area contributed by atoms with Crippen LogP contribution in [0, 0.1) is 0 Å². The molecule has 51 heavy (non-hydrogen) atoms. The Morgan fingerprint density at radius 1 is 0.549 bits per heavy atom. The van der Waals surface area contributed by atoms with Crippen LogP contribution in [0.5, 0.6) is 0 Å². The highest BCUT2D eigenvalue weighted by Gasteiger charge is 2.55. The Bertz CT molecular complexity index is 1600. The molecule has 0 bridgehead atoms. The van der Waals surface area contributed by atoms with E-state index in [0.717, 1.165) is 22.3 Å². The van der Waals surface area contributed by atoms with E-state index in [2.05, 4.69) is 33.9 Å². The van der Waals surface area contributed by atoms with Gasteiger partial charge in [-0.25, -0.2) is 4.79 Å². The molecule has 0 spiro atoms. The van der Waals surface area contributed by atoms with Gasteiger partial charge in [0.2, 0.25) is 0 Å². The third-order valence-corrected chi connectivity index (χ3v) is 14.2. The van der Waals surface area contributed by atoms with Gasteiger partial charge < -0.3 is 33.2 Å². The van der Waals surface area contributed by atoms with Crippen molar-refractivity contribution in [3.8, 4) is 0 Å². The van der Waals surface area contributed by atoms with Crippen LogP contribution in [0.1, 0.15) is 43.0 Å². The van der Waals surface area contributed by atoms with Crippen LogP contribution in [0.4, 0.5) is 0 Å². The van der Waals surface area contributed by atoms with Gasteiger partial charge in [0.05, 0.1) is 26.4 Å². The predicted octanol–water partition coefficient (Wildman–Crippen LogP) is 7.64. The summed E-state index contributed by atoms with van der Waals surface area (Å²) in [5, 5.41) is 12.1. The second-order valence-electron chi connectivity index (χ2n) is 14.5. The first kappa shape index (κ1) is 38.6. The standard InChI is InChI=1S/C42H52O8Si/c1-42(2,3)51(4,5)49-30-35(43)50-38-36(44)37(45-26-31-18-10-6-11-19-31)39(46-27-32-20-12-7-13-21-32)41(48-29-34-24-16-9-17-25-34)40(38)47-28-33-22-14-8-15-23-33/h6-25,36-41,44H,26-30H2,1-5H3/t36-,37+,38-,39-,40+,41+/m1/s1. The zero-order valence-corrected chi connectivity index (χ0v) is 31.4. The Morgan fingerprint density at radius 3 is 1.22 bits per heavy atom. The summed E-state index contributed by atoms with van der Waals surface area (Å²) in [7, 11) is -2.27. The minimum Gasteiger partial charge on any atom is -0.455 e. The van der Waals surface area contributed by atoms with E-state index < -0.39 is 50.9 Å². The molecule has 6 atom stereocenters. The number of carbonyl (C=O) groups is 1. The zero-order chi connectivity index (χ0) is 36.3. The largest absolute Gasteiger partial charge is 0.455 e. The first-order valence-corrected chi connectivity index (χ1v) is 20.6. The summed E-state index contributed by atoms with van der Waals surface area (Å²) in [6, 6.07) is 39.1. The van der Waals surface area contributed by atoms with Crippen molar-refractivity contribution in [1.82, 2.24) is 0 Å². The van der Waals surface area contributed by atoms with Crippen LogP contribution in [0.3, 0.4) is 0 Å². The van der Waals surface area contributed by atoms with Crippen LogP contribution in [0.25, 0.3) is 0 Å². The molecule has 1 aliphatic rings. The van der Waals surface area contributed by atoms with Crippen LogP contribution >= 0.6 is 0 Å². The molecule has 1 saturated carbocycles. The lowest BCUT2D eigenvalue weighted by Gasteiger charge is -2.48. The molecule has 4 aromatic rings. The summed E-state index contributed by atoms with van der Waals surface area (Å²) in [6.45, 7) is 11.1. The maximum atomic E-state index is 13.6. The average Bonchev–Trinajstić information content (AvgIpc) is 3.13. The van der Waals surface area contributed by atoms with Gasteiger partial charge in [0.25, 0.3) is 0 Å². The Morgan fingerprint density at radius 2 is 0.863 bits per heavy atom. The van der Waals surface area contributed by atoms with Crippen molar-refractivity contribution in [2.45, 2.75) is 102 Å². The van der Waals surface area contributed by atoms with Crippen LogP contribution in [0.15, 0.2) is 121 Å². The molecule has 8 nitrogen and oxygen atoms in total. The van der Waals surface area contributed by atoms with E-state index in [4.69, 9.17) is 28.1 Å². The zero-order valence-electron chi connectivity index (χ0n) is 30.4. The summed E-state index contributed by atoms with van der Waals surface area (Å²) >= 11 is 0. The molecular formula is C42H52O8Si. The maximum absolute atomic E-state index is 13.6. The van der Waals surface area contributed by atoms with Crippen molar-refractivity contribution in [3.05, 3.63) is 144 Å². The van der Waals surface area contributed by atoms with Crippen LogP contribution in [-0.2, 0) is 59.3 Å². The highest BCUT2D eigenvalue weighted by molar-refractivity contribution is 6.74. The van der Waals surface area contributed by atoms with Gasteiger partial charge in [0, 0.05) is 0 Å². The average molecular weight is 713 g/mol. The van der Waals surface area contributed by atoms with E-state index in [-0.39, 0.29) is 38.1 Å². The molecule has 0 saturated heterocycles. The van der Waals surface area contributed by atoms with Crippen LogP contribution < -0.4 is 0 Å². The second kappa shape index (κ2) is 18.2. The molecule has 1 fully saturated rings. The van der Waals surface area contributed by atoms with Gasteiger partial charge in [0.15, 0.2) is 14.4 Å². The molecule has 0 heterocycles. The van der Waals surface area contributed by atoms with E-state index in [1.165, 1.54) is 0 Å². The number of esters is 1. The van der Waals surface area contributed by atoms with Gasteiger partial charge >= 0.3 is 5.97 Å². The molecule has 272 valence electrons. The Hall–Kier alpha value is -3.67. The lowest BCUT2D eigenvalue weighted by molar-refractivity contribution is -0.277. The van der Waals surface area contributed by atoms with Gasteiger partial charge in [-0.3, -0.25) is 0 Å². The fraction of sp³-hybridized carbons (Fsp3) is 0.405. The first-order valence-electron chi connectivity index (χ1n) is 17.7. The molecule has 1 N–H and O–H groups in total. The summed E-state index contributed by atoms with van der Waals surface area (Å²) in [5.74, 6) is -0.593. The summed E-state index contributed by atoms with van der Waals surface area (Å²) < 4.78 is 38.9. The maximum Gasteiger partial charge on any atom is 0.331 e. The minimum absolute atomic E-state index is 0.102. The summed E-state index contributed by atoms with van der Waals surface area (Å²) in [5.41, 5.74) is 3.75. The lowest BCUT2D eigenvalue weighted by atomic mass is 9.83. The smallest absolute Gasteiger partial charge is 0.331 e. The summed E-state index contributed by atoms with van der Waals surface area (Å²) in [4.78, 5) is 13.6. The number of hydrogen-bond donors (Lipinski definition) is 1. The molecule has 1 aliphatic carbocycles. The van der Waals surface area contributed by atoms with E-state index >= 15 is 0 Å². The van der Waals surface area contributed by atoms with Crippen LogP contribution in [0.2, 0.25) is 18.1 Å². The highest BCUT2D eigenvalue weighted by atomic mass is 28.4. The number of hydrogen-bond acceptors (Lipinski definition) is 8. The fourth-order valence-corrected chi connectivity index (χ4v) is 6.66. The molecule has 0 aromatic heterocycles. The molecule has 4 aromatic carbocycles. The SMILES string of the molecule is CC(C)(C)[Si](C)(C)OCC(=O)O[C@@H]1[C@H](O)[C@H](OCc2ccccc2)[C@@H](OCc2ccccc2)[C@H](OCc2ccccc2)[C@H]1OCc1ccccc1. The normalized spacial score (nSPS) is 22.4. The van der Waals surface area contributed by atoms with Crippen molar-refractivity contribution < 1.29 is 38.0 Å². The number of ether oxygens (including phenoxy) is 5. The molecule has 0 unspecified atom stereocenters. The van der Waals surface area contributed by atoms with Gasteiger partial charge in [-0.05, 0) is 40.4 Å². The molecule has 9 heteroatoms. The topological polar surface area (TPSA) is 92.7 Å². The lowest BCUT2D eigenvalue weighted by Crippen LogP contribution is -2.67. The highest BCUT2D eigenvalue weighted by Crippen LogP contribution is 2.37. The molecule has 5 rings (SSSR count). The molecule has 0 amide bonds. The third kappa shape index (κ3) is 10.9. The van der Waals surface area contributed by atoms with Crippen LogP contribution in [-0.4, -0.2) is 62.6 Å². The Balaban J connectivity index is 1.50. The van der Waals surface area contributed by atoms with Gasteiger partial charge in [0.1, 0.15) is 37.1 Å². The minimum atomic E-state index is -2.27. The quantitative estimate of drug-likeness (QED) is 0.0937. The fourth-order valence-electron chi connectivity index (χ4n) is 5.74. The Kier molecular flexibility index (Phi) is 13.8. The summed E-state index contributed by atoms with van der Waals surface area (Å²) in [6.07, 6.45) is -5.93. The van der Waals surface area contributed by atoms with Crippen molar-refractivity contribution in [2.24, 2.45) is 0 Å². The first-order chi connectivity index (χ1) is 24.5. The van der Waals surface area contributed by atoms with Crippen molar-refractivity contribution >= 4 is 14.3 Å². The van der Waals surface area contributed by atoms with Gasteiger partial charge in [-0.2, -0.15) is 0 Å². The van der Waals surface area contributed by atoms with Crippen molar-refractivity contribution in [1.29, 1.82) is 0 Å². The van der Waals surface area contributed by atoms with Crippen molar-refractivity contribution in [3.63, 3.8) is 0 Å². The van der Waals surface area contributed by atoms with Crippen molar-refractivity contribution in [2.75, 3.05) is 6.61 Å². The van der Waals surface area contributed by atoms with E-state index in [1.807, 2.05) is 121 Å². The van der Waals surface area contributed by atoms with E-state index in [1.54, 1.807) is 0 Å². The molecule has 0 radical (unpaired) electrons.